The quantitative estimate of drug-likeness (QED) is 0.643. The van der Waals surface area contributed by atoms with Crippen molar-refractivity contribution in [1.82, 2.24) is 19.2 Å². The van der Waals surface area contributed by atoms with Crippen molar-refractivity contribution in [3.8, 4) is 11.5 Å². The molecule has 0 atom stereocenters. The van der Waals surface area contributed by atoms with Gasteiger partial charge in [0.15, 0.2) is 5.65 Å². The first-order chi connectivity index (χ1) is 10.8. The number of benzene rings is 1. The zero-order chi connectivity index (χ0) is 15.4. The van der Waals surface area contributed by atoms with Crippen LogP contribution in [-0.2, 0) is 6.54 Å². The van der Waals surface area contributed by atoms with E-state index in [-0.39, 0.29) is 5.69 Å². The summed E-state index contributed by atoms with van der Waals surface area (Å²) in [6, 6.07) is 7.38. The Morgan fingerprint density at radius 1 is 1.18 bits per heavy atom. The van der Waals surface area contributed by atoms with E-state index < -0.39 is 0 Å². The van der Waals surface area contributed by atoms with Gasteiger partial charge < -0.3 is 9.47 Å². The third-order valence-corrected chi connectivity index (χ3v) is 3.23. The Hall–Kier alpha value is -2.83. The average molecular weight is 300 g/mol. The highest BCUT2D eigenvalue weighted by molar-refractivity contribution is 5.32. The Bertz CT molecular complexity index is 808. The van der Waals surface area contributed by atoms with Crippen LogP contribution in [0.2, 0.25) is 0 Å². The second-order valence-corrected chi connectivity index (χ2v) is 4.69. The van der Waals surface area contributed by atoms with Gasteiger partial charge in [0.2, 0.25) is 0 Å². The molecule has 2 heterocycles. The van der Waals surface area contributed by atoms with Crippen LogP contribution in [0.1, 0.15) is 6.42 Å². The standard InChI is InChI=1S/C15H16N4O3/c1-21-12-3-5-13(6-4-12)22-10-2-8-19-15(20)18-9-7-16-11-14(18)17-19/h3-7,9,11H,2,8,10H2,1H3. The van der Waals surface area contributed by atoms with Gasteiger partial charge in [0.25, 0.3) is 0 Å². The Morgan fingerprint density at radius 2 is 1.95 bits per heavy atom. The summed E-state index contributed by atoms with van der Waals surface area (Å²) in [6.45, 7) is 1.00. The molecule has 3 aromatic rings. The van der Waals surface area contributed by atoms with Gasteiger partial charge in [-0.15, -0.1) is 5.10 Å². The van der Waals surface area contributed by atoms with Gasteiger partial charge >= 0.3 is 5.69 Å². The highest BCUT2D eigenvalue weighted by Crippen LogP contribution is 2.17. The minimum Gasteiger partial charge on any atom is -0.497 e. The van der Waals surface area contributed by atoms with Gasteiger partial charge in [-0.1, -0.05) is 0 Å². The van der Waals surface area contributed by atoms with Crippen molar-refractivity contribution in [1.29, 1.82) is 0 Å². The van der Waals surface area contributed by atoms with Gasteiger partial charge in [-0.05, 0) is 24.3 Å². The number of hydrogen-bond donors (Lipinski definition) is 0. The average Bonchev–Trinajstić information content (AvgIpc) is 2.89. The second-order valence-electron chi connectivity index (χ2n) is 4.69. The summed E-state index contributed by atoms with van der Waals surface area (Å²) >= 11 is 0. The smallest absolute Gasteiger partial charge is 0.350 e. The third-order valence-electron chi connectivity index (χ3n) is 3.23. The second kappa shape index (κ2) is 6.30. The van der Waals surface area contributed by atoms with Gasteiger partial charge in [0.05, 0.1) is 19.9 Å². The normalized spacial score (nSPS) is 10.8. The number of methoxy groups -OCH3 is 1. The zero-order valence-corrected chi connectivity index (χ0v) is 12.2. The number of aryl methyl sites for hydroxylation is 1. The van der Waals surface area contributed by atoms with E-state index in [4.69, 9.17) is 9.47 Å². The highest BCUT2D eigenvalue weighted by atomic mass is 16.5. The summed E-state index contributed by atoms with van der Waals surface area (Å²) in [5, 5.41) is 4.21. The molecule has 0 N–H and O–H groups in total. The molecule has 114 valence electrons. The third kappa shape index (κ3) is 2.93. The summed E-state index contributed by atoms with van der Waals surface area (Å²) in [4.78, 5) is 16.0. The Kier molecular flexibility index (Phi) is 4.04. The van der Waals surface area contributed by atoms with Gasteiger partial charge in [0, 0.05) is 25.4 Å². The number of rotatable bonds is 6. The first kappa shape index (κ1) is 14.1. The van der Waals surface area contributed by atoms with Gasteiger partial charge in [-0.3, -0.25) is 4.98 Å². The lowest BCUT2D eigenvalue weighted by atomic mass is 10.3. The topological polar surface area (TPSA) is 70.7 Å². The molecule has 0 aliphatic carbocycles. The van der Waals surface area contributed by atoms with Gasteiger partial charge in [0.1, 0.15) is 11.5 Å². The molecule has 0 saturated carbocycles. The number of fused-ring (bicyclic) bond motifs is 1. The van der Waals surface area contributed by atoms with Crippen LogP contribution in [0.25, 0.3) is 5.65 Å². The minimum absolute atomic E-state index is 0.165. The van der Waals surface area contributed by atoms with E-state index in [1.807, 2.05) is 24.3 Å². The lowest BCUT2D eigenvalue weighted by molar-refractivity contribution is 0.297. The molecule has 3 rings (SSSR count). The zero-order valence-electron chi connectivity index (χ0n) is 12.2. The van der Waals surface area contributed by atoms with Crippen LogP contribution in [0.5, 0.6) is 11.5 Å². The van der Waals surface area contributed by atoms with Crippen LogP contribution >= 0.6 is 0 Å². The molecule has 0 radical (unpaired) electrons. The van der Waals surface area contributed by atoms with Crippen LogP contribution < -0.4 is 15.2 Å². The van der Waals surface area contributed by atoms with E-state index in [2.05, 4.69) is 10.1 Å². The summed E-state index contributed by atoms with van der Waals surface area (Å²) in [5.74, 6) is 1.56. The van der Waals surface area contributed by atoms with Crippen molar-refractivity contribution < 1.29 is 9.47 Å². The van der Waals surface area contributed by atoms with E-state index in [0.717, 1.165) is 11.5 Å². The van der Waals surface area contributed by atoms with Crippen molar-refractivity contribution in [3.63, 3.8) is 0 Å². The van der Waals surface area contributed by atoms with Gasteiger partial charge in [-0.2, -0.15) is 0 Å². The number of ether oxygens (including phenoxy) is 2. The Labute approximate surface area is 126 Å². The first-order valence-corrected chi connectivity index (χ1v) is 6.94. The predicted molar refractivity (Wildman–Crippen MR) is 80.4 cm³/mol. The largest absolute Gasteiger partial charge is 0.497 e. The maximum Gasteiger partial charge on any atom is 0.350 e. The first-order valence-electron chi connectivity index (χ1n) is 6.94. The molecule has 7 heteroatoms. The molecule has 0 spiro atoms. The molecule has 0 aliphatic rings. The minimum atomic E-state index is -0.165. The van der Waals surface area contributed by atoms with Crippen LogP contribution in [0.4, 0.5) is 0 Å². The Morgan fingerprint density at radius 3 is 2.68 bits per heavy atom. The van der Waals surface area contributed by atoms with Crippen LogP contribution in [-0.4, -0.2) is 32.9 Å². The number of hydrogen-bond acceptors (Lipinski definition) is 5. The molecule has 1 aromatic carbocycles. The van der Waals surface area contributed by atoms with Crippen LogP contribution in [0, 0.1) is 0 Å². The Balaban J connectivity index is 1.55. The van der Waals surface area contributed by atoms with Crippen LogP contribution in [0.15, 0.2) is 47.7 Å². The molecular weight excluding hydrogens is 284 g/mol. The highest BCUT2D eigenvalue weighted by Gasteiger charge is 2.05. The molecule has 0 unspecified atom stereocenters. The summed E-state index contributed by atoms with van der Waals surface area (Å²) < 4.78 is 13.6. The SMILES string of the molecule is COc1ccc(OCCCn2nc3cnccn3c2=O)cc1. The number of aromatic nitrogens is 4. The molecule has 0 bridgehead atoms. The summed E-state index contributed by atoms with van der Waals surface area (Å²) in [6.07, 6.45) is 5.41. The van der Waals surface area contributed by atoms with Crippen molar-refractivity contribution in [2.24, 2.45) is 0 Å². The monoisotopic (exact) mass is 300 g/mol. The fraction of sp³-hybridized carbons (Fsp3) is 0.267. The van der Waals surface area contributed by atoms with Crippen molar-refractivity contribution in [2.45, 2.75) is 13.0 Å². The van der Waals surface area contributed by atoms with Crippen molar-refractivity contribution >= 4 is 5.65 Å². The lowest BCUT2D eigenvalue weighted by Crippen LogP contribution is -2.22. The molecule has 7 nitrogen and oxygen atoms in total. The van der Waals surface area contributed by atoms with E-state index in [1.165, 1.54) is 9.08 Å². The van der Waals surface area contributed by atoms with Crippen molar-refractivity contribution in [2.75, 3.05) is 13.7 Å². The number of nitrogens with zero attached hydrogens (tertiary/aromatic N) is 4. The van der Waals surface area contributed by atoms with E-state index in [9.17, 15) is 4.79 Å². The predicted octanol–water partition coefficient (Wildman–Crippen LogP) is 1.37. The fourth-order valence-electron chi connectivity index (χ4n) is 2.10. The maximum absolute atomic E-state index is 12.0. The summed E-state index contributed by atoms with van der Waals surface area (Å²) in [7, 11) is 1.62. The molecule has 0 fully saturated rings. The van der Waals surface area contributed by atoms with E-state index >= 15 is 0 Å². The van der Waals surface area contributed by atoms with Crippen molar-refractivity contribution in [3.05, 3.63) is 53.3 Å². The molecule has 0 amide bonds. The molecular formula is C15H16N4O3. The maximum atomic E-state index is 12.0. The van der Waals surface area contributed by atoms with Gasteiger partial charge in [-0.25, -0.2) is 13.9 Å². The molecule has 0 saturated heterocycles. The summed E-state index contributed by atoms with van der Waals surface area (Å²) in [5.41, 5.74) is 0.380. The molecule has 2 aromatic heterocycles. The van der Waals surface area contributed by atoms with E-state index in [1.54, 1.807) is 25.7 Å². The molecule has 0 aliphatic heterocycles. The molecule has 22 heavy (non-hydrogen) atoms. The van der Waals surface area contributed by atoms with E-state index in [0.29, 0.717) is 25.2 Å². The lowest BCUT2D eigenvalue weighted by Gasteiger charge is -2.06. The fourth-order valence-corrected chi connectivity index (χ4v) is 2.10. The van der Waals surface area contributed by atoms with Crippen LogP contribution in [0.3, 0.4) is 0 Å².